The van der Waals surface area contributed by atoms with E-state index in [9.17, 15) is 23.3 Å². The number of fused-ring (bicyclic) bond motifs is 1. The van der Waals surface area contributed by atoms with Gasteiger partial charge in [-0.15, -0.1) is 0 Å². The topological polar surface area (TPSA) is 56.0 Å². The zero-order valence-electron chi connectivity index (χ0n) is 8.53. The standard InChI is InChI=1S/C10H4F3IN2O2/c11-10(12,13)6-3-1-2-5-8(14)7(16(17)18)4-15-9(5)6/h1-4H. The molecule has 0 fully saturated rings. The first-order valence-corrected chi connectivity index (χ1v) is 5.69. The minimum Gasteiger partial charge on any atom is -0.258 e. The predicted octanol–water partition coefficient (Wildman–Crippen LogP) is 3.77. The Morgan fingerprint density at radius 1 is 1.33 bits per heavy atom. The summed E-state index contributed by atoms with van der Waals surface area (Å²) in [6.45, 7) is 0. The summed E-state index contributed by atoms with van der Waals surface area (Å²) in [6.07, 6.45) is -3.69. The van der Waals surface area contributed by atoms with Gasteiger partial charge < -0.3 is 0 Å². The Morgan fingerprint density at radius 3 is 2.56 bits per heavy atom. The Hall–Kier alpha value is -1.45. The van der Waals surface area contributed by atoms with Gasteiger partial charge in [0.2, 0.25) is 0 Å². The van der Waals surface area contributed by atoms with Crippen LogP contribution in [0.15, 0.2) is 24.4 Å². The van der Waals surface area contributed by atoms with Crippen LogP contribution in [0.25, 0.3) is 10.9 Å². The van der Waals surface area contributed by atoms with Crippen LogP contribution in [0, 0.1) is 13.7 Å². The molecule has 0 spiro atoms. The van der Waals surface area contributed by atoms with Gasteiger partial charge in [-0.1, -0.05) is 12.1 Å². The molecule has 0 bridgehead atoms. The van der Waals surface area contributed by atoms with Crippen LogP contribution >= 0.6 is 22.6 Å². The first kappa shape index (κ1) is 13.0. The number of rotatable bonds is 1. The summed E-state index contributed by atoms with van der Waals surface area (Å²) in [4.78, 5) is 13.6. The van der Waals surface area contributed by atoms with Gasteiger partial charge in [-0.05, 0) is 28.7 Å². The number of nitrogens with zero attached hydrogens (tertiary/aromatic N) is 2. The highest BCUT2D eigenvalue weighted by Crippen LogP contribution is 2.36. The fraction of sp³-hybridized carbons (Fsp3) is 0.100. The molecule has 1 aromatic carbocycles. The predicted molar refractivity (Wildman–Crippen MR) is 66.1 cm³/mol. The molecular weight excluding hydrogens is 364 g/mol. The summed E-state index contributed by atoms with van der Waals surface area (Å²) in [7, 11) is 0. The van der Waals surface area contributed by atoms with Crippen molar-refractivity contribution in [1.29, 1.82) is 0 Å². The zero-order valence-corrected chi connectivity index (χ0v) is 10.7. The van der Waals surface area contributed by atoms with E-state index in [4.69, 9.17) is 0 Å². The quantitative estimate of drug-likeness (QED) is 0.438. The Balaban J connectivity index is 2.83. The van der Waals surface area contributed by atoms with E-state index in [0.29, 0.717) is 0 Å². The Morgan fingerprint density at radius 2 is 2.00 bits per heavy atom. The number of pyridine rings is 1. The minimum atomic E-state index is -4.54. The minimum absolute atomic E-state index is 0.125. The van der Waals surface area contributed by atoms with Crippen LogP contribution in [0.4, 0.5) is 18.9 Å². The molecule has 94 valence electrons. The van der Waals surface area contributed by atoms with Gasteiger partial charge in [0.05, 0.1) is 16.0 Å². The van der Waals surface area contributed by atoms with Crippen molar-refractivity contribution in [3.05, 3.63) is 43.6 Å². The maximum absolute atomic E-state index is 12.7. The zero-order chi connectivity index (χ0) is 13.5. The van der Waals surface area contributed by atoms with Crippen molar-refractivity contribution in [2.24, 2.45) is 0 Å². The van der Waals surface area contributed by atoms with Gasteiger partial charge >= 0.3 is 11.9 Å². The highest BCUT2D eigenvalue weighted by atomic mass is 127. The second-order valence-corrected chi connectivity index (χ2v) is 4.49. The van der Waals surface area contributed by atoms with Crippen LogP contribution in [0.3, 0.4) is 0 Å². The summed E-state index contributed by atoms with van der Waals surface area (Å²) in [5, 5.41) is 10.8. The third-order valence-electron chi connectivity index (χ3n) is 2.32. The molecule has 0 aliphatic carbocycles. The normalized spacial score (nSPS) is 11.8. The molecule has 0 unspecified atom stereocenters. The average molecular weight is 368 g/mol. The van der Waals surface area contributed by atoms with Gasteiger partial charge in [0, 0.05) is 5.39 Å². The van der Waals surface area contributed by atoms with Gasteiger partial charge in [0.1, 0.15) is 9.77 Å². The number of aromatic nitrogens is 1. The number of nitro groups is 1. The van der Waals surface area contributed by atoms with Crippen LogP contribution < -0.4 is 0 Å². The van der Waals surface area contributed by atoms with Gasteiger partial charge in [0.15, 0.2) is 0 Å². The average Bonchev–Trinajstić information content (AvgIpc) is 2.27. The fourth-order valence-corrected chi connectivity index (χ4v) is 2.31. The van der Waals surface area contributed by atoms with Crippen LogP contribution in [0.2, 0.25) is 0 Å². The fourth-order valence-electron chi connectivity index (χ4n) is 1.54. The van der Waals surface area contributed by atoms with E-state index >= 15 is 0 Å². The van der Waals surface area contributed by atoms with Crippen LogP contribution in [-0.4, -0.2) is 9.91 Å². The SMILES string of the molecule is O=[N+]([O-])c1cnc2c(C(F)(F)F)cccc2c1I. The summed E-state index contributed by atoms with van der Waals surface area (Å²) >= 11 is 1.65. The molecule has 0 aliphatic rings. The monoisotopic (exact) mass is 368 g/mol. The third kappa shape index (κ3) is 2.11. The summed E-state index contributed by atoms with van der Waals surface area (Å²) in [5.41, 5.74) is -1.48. The van der Waals surface area contributed by atoms with Gasteiger partial charge in [-0.25, -0.2) is 4.98 Å². The molecule has 0 atom stereocenters. The maximum Gasteiger partial charge on any atom is 0.418 e. The van der Waals surface area contributed by atoms with E-state index in [2.05, 4.69) is 4.98 Å². The van der Waals surface area contributed by atoms with E-state index in [-0.39, 0.29) is 20.2 Å². The smallest absolute Gasteiger partial charge is 0.258 e. The first-order valence-electron chi connectivity index (χ1n) is 4.61. The second-order valence-electron chi connectivity index (χ2n) is 3.41. The first-order chi connectivity index (χ1) is 8.32. The lowest BCUT2D eigenvalue weighted by molar-refractivity contribution is -0.386. The van der Waals surface area contributed by atoms with Crippen molar-refractivity contribution in [1.82, 2.24) is 4.98 Å². The Bertz CT molecular complexity index is 643. The molecule has 1 heterocycles. The number of hydrogen-bond donors (Lipinski definition) is 0. The second kappa shape index (κ2) is 4.34. The Kier molecular flexibility index (Phi) is 3.13. The summed E-state index contributed by atoms with van der Waals surface area (Å²) in [5.74, 6) is 0. The van der Waals surface area contributed by atoms with Crippen LogP contribution in [0.1, 0.15) is 5.56 Å². The van der Waals surface area contributed by atoms with Gasteiger partial charge in [0.25, 0.3) is 0 Å². The van der Waals surface area contributed by atoms with Crippen LogP contribution in [-0.2, 0) is 6.18 Å². The number of halogens is 4. The maximum atomic E-state index is 12.7. The molecule has 0 saturated heterocycles. The van der Waals surface area contributed by atoms with Gasteiger partial charge in [-0.3, -0.25) is 10.1 Å². The molecule has 8 heteroatoms. The molecular formula is C10H4F3IN2O2. The number of hydrogen-bond acceptors (Lipinski definition) is 3. The summed E-state index contributed by atoms with van der Waals surface area (Å²) < 4.78 is 38.3. The molecule has 1 aromatic heterocycles. The lowest BCUT2D eigenvalue weighted by Crippen LogP contribution is -2.07. The number of alkyl halides is 3. The molecule has 0 aliphatic heterocycles. The number of para-hydroxylation sites is 1. The van der Waals surface area contributed by atoms with Crippen molar-refractivity contribution in [3.8, 4) is 0 Å². The molecule has 18 heavy (non-hydrogen) atoms. The molecule has 0 saturated carbocycles. The number of benzene rings is 1. The highest BCUT2D eigenvalue weighted by Gasteiger charge is 2.34. The van der Waals surface area contributed by atoms with E-state index in [1.165, 1.54) is 12.1 Å². The highest BCUT2D eigenvalue weighted by molar-refractivity contribution is 14.1. The van der Waals surface area contributed by atoms with E-state index in [0.717, 1.165) is 12.3 Å². The van der Waals surface area contributed by atoms with Crippen molar-refractivity contribution >= 4 is 39.2 Å². The molecule has 0 N–H and O–H groups in total. The van der Waals surface area contributed by atoms with Crippen molar-refractivity contribution in [3.63, 3.8) is 0 Å². The summed E-state index contributed by atoms with van der Waals surface area (Å²) in [6, 6.07) is 3.49. The van der Waals surface area contributed by atoms with E-state index in [1.807, 2.05) is 0 Å². The molecule has 2 rings (SSSR count). The largest absolute Gasteiger partial charge is 0.418 e. The van der Waals surface area contributed by atoms with E-state index in [1.54, 1.807) is 22.6 Å². The van der Waals surface area contributed by atoms with Crippen LogP contribution in [0.5, 0.6) is 0 Å². The Labute approximate surface area is 112 Å². The van der Waals surface area contributed by atoms with Crippen molar-refractivity contribution < 1.29 is 18.1 Å². The molecule has 0 amide bonds. The lowest BCUT2D eigenvalue weighted by atomic mass is 10.1. The van der Waals surface area contributed by atoms with Gasteiger partial charge in [-0.2, -0.15) is 13.2 Å². The molecule has 4 nitrogen and oxygen atoms in total. The van der Waals surface area contributed by atoms with E-state index < -0.39 is 16.7 Å². The third-order valence-corrected chi connectivity index (χ3v) is 3.45. The lowest BCUT2D eigenvalue weighted by Gasteiger charge is -2.10. The van der Waals surface area contributed by atoms with Crippen molar-refractivity contribution in [2.75, 3.05) is 0 Å². The molecule has 2 aromatic rings. The molecule has 0 radical (unpaired) electrons. The van der Waals surface area contributed by atoms with Crippen molar-refractivity contribution in [2.45, 2.75) is 6.18 Å².